The number of likely N-dealkylation sites (N-methyl/N-ethyl adjacent to an activating group) is 1. The molecule has 7 heteroatoms. The molecule has 1 fully saturated rings. The van der Waals surface area contributed by atoms with Gasteiger partial charge in [-0.3, -0.25) is 4.79 Å². The Labute approximate surface area is 200 Å². The number of nitrogens with zero attached hydrogens (tertiary/aromatic N) is 3. The molecule has 2 aromatic carbocycles. The van der Waals surface area contributed by atoms with Crippen LogP contribution in [0.25, 0.3) is 22.2 Å². The first-order valence-corrected chi connectivity index (χ1v) is 11.9. The number of benzene rings is 2. The zero-order chi connectivity index (χ0) is 24.2. The molecule has 0 atom stereocenters. The number of carbonyl (C=O) groups excluding carboxylic acids is 1. The first-order valence-electron chi connectivity index (χ1n) is 11.9. The molecular weight excluding hydrogens is 430 g/mol. The Balaban J connectivity index is 1.86. The molecule has 0 saturated carbocycles. The summed E-state index contributed by atoms with van der Waals surface area (Å²) in [5.41, 5.74) is 4.11. The molecule has 1 aromatic heterocycles. The van der Waals surface area contributed by atoms with Gasteiger partial charge in [-0.2, -0.15) is 0 Å². The molecular formula is C27H33N3O4. The van der Waals surface area contributed by atoms with Crippen LogP contribution in [0.3, 0.4) is 0 Å². The lowest BCUT2D eigenvalue weighted by Crippen LogP contribution is -2.36. The molecule has 1 aliphatic heterocycles. The molecule has 0 unspecified atom stereocenters. The number of carboxylic acid groups (broad SMARTS) is 1. The molecule has 0 bridgehead atoms. The molecule has 180 valence electrons. The molecule has 34 heavy (non-hydrogen) atoms. The lowest BCUT2D eigenvalue weighted by Gasteiger charge is -2.22. The number of methoxy groups -OCH3 is 1. The highest BCUT2D eigenvalue weighted by Gasteiger charge is 2.24. The van der Waals surface area contributed by atoms with Crippen LogP contribution >= 0.6 is 0 Å². The number of aromatic nitrogens is 1. The zero-order valence-electron chi connectivity index (χ0n) is 20.2. The maximum Gasteiger partial charge on any atom is 0.335 e. The van der Waals surface area contributed by atoms with Gasteiger partial charge >= 0.3 is 5.97 Å². The molecule has 4 rings (SSSR count). The summed E-state index contributed by atoms with van der Waals surface area (Å²) in [4.78, 5) is 29.4. The quantitative estimate of drug-likeness (QED) is 0.570. The lowest BCUT2D eigenvalue weighted by atomic mass is 10.0. The van der Waals surface area contributed by atoms with Crippen molar-refractivity contribution in [1.29, 1.82) is 0 Å². The molecule has 2 heterocycles. The minimum atomic E-state index is -0.973. The standard InChI is InChI=1S/C27H33N3O4/c1-4-6-23-22-12-9-20(27(32)33)17-24(22)30(26(23)19-7-10-21(34-3)11-8-19)18-25(31)29-14-5-13-28(2)15-16-29/h7-12,17H,4-6,13-16,18H2,1-3H3,(H,32,33). The average molecular weight is 464 g/mol. The van der Waals surface area contributed by atoms with Crippen LogP contribution in [0.2, 0.25) is 0 Å². The van der Waals surface area contributed by atoms with E-state index in [1.807, 2.05) is 39.8 Å². The van der Waals surface area contributed by atoms with Gasteiger partial charge in [-0.15, -0.1) is 0 Å². The van der Waals surface area contributed by atoms with Crippen molar-refractivity contribution < 1.29 is 19.4 Å². The molecule has 1 aliphatic rings. The summed E-state index contributed by atoms with van der Waals surface area (Å²) in [5, 5.41) is 10.6. The van der Waals surface area contributed by atoms with Crippen LogP contribution in [0.15, 0.2) is 42.5 Å². The van der Waals surface area contributed by atoms with Crippen molar-refractivity contribution in [3.8, 4) is 17.0 Å². The molecule has 7 nitrogen and oxygen atoms in total. The molecule has 1 saturated heterocycles. The second kappa shape index (κ2) is 10.3. The van der Waals surface area contributed by atoms with Gasteiger partial charge < -0.3 is 24.2 Å². The van der Waals surface area contributed by atoms with E-state index in [2.05, 4.69) is 18.9 Å². The topological polar surface area (TPSA) is 75.0 Å². The smallest absolute Gasteiger partial charge is 0.335 e. The van der Waals surface area contributed by atoms with Gasteiger partial charge in [0.25, 0.3) is 0 Å². The number of ether oxygens (including phenoxy) is 1. The highest BCUT2D eigenvalue weighted by Crippen LogP contribution is 2.36. The summed E-state index contributed by atoms with van der Waals surface area (Å²) in [6, 6.07) is 13.1. The van der Waals surface area contributed by atoms with Crippen molar-refractivity contribution in [2.24, 2.45) is 0 Å². The van der Waals surface area contributed by atoms with E-state index in [4.69, 9.17) is 4.74 Å². The third-order valence-corrected chi connectivity index (χ3v) is 6.65. The normalized spacial score (nSPS) is 14.9. The lowest BCUT2D eigenvalue weighted by molar-refractivity contribution is -0.131. The number of hydrogen-bond acceptors (Lipinski definition) is 4. The van der Waals surface area contributed by atoms with E-state index in [9.17, 15) is 14.7 Å². The van der Waals surface area contributed by atoms with Crippen LogP contribution < -0.4 is 4.74 Å². The number of aromatic carboxylic acids is 1. The molecule has 1 N–H and O–H groups in total. The maximum atomic E-state index is 13.5. The number of rotatable bonds is 7. The highest BCUT2D eigenvalue weighted by molar-refractivity contribution is 5.98. The minimum absolute atomic E-state index is 0.0609. The summed E-state index contributed by atoms with van der Waals surface area (Å²) in [5.74, 6) is -0.147. The van der Waals surface area contributed by atoms with E-state index >= 15 is 0 Å². The first-order chi connectivity index (χ1) is 16.4. The fraction of sp³-hybridized carbons (Fsp3) is 0.407. The monoisotopic (exact) mass is 463 g/mol. The van der Waals surface area contributed by atoms with Gasteiger partial charge in [-0.1, -0.05) is 19.4 Å². The number of hydrogen-bond donors (Lipinski definition) is 1. The van der Waals surface area contributed by atoms with Crippen LogP contribution in [0.5, 0.6) is 5.75 Å². The van der Waals surface area contributed by atoms with Crippen LogP contribution in [-0.2, 0) is 17.8 Å². The number of amides is 1. The van der Waals surface area contributed by atoms with E-state index in [1.165, 1.54) is 0 Å². The Morgan fingerprint density at radius 2 is 1.79 bits per heavy atom. The summed E-state index contributed by atoms with van der Waals surface area (Å²) in [6.45, 7) is 5.58. The van der Waals surface area contributed by atoms with Crippen LogP contribution in [0, 0.1) is 0 Å². The fourth-order valence-corrected chi connectivity index (χ4v) is 4.83. The molecule has 0 radical (unpaired) electrons. The predicted octanol–water partition coefficient (Wildman–Crippen LogP) is 4.13. The Hall–Kier alpha value is -3.32. The Morgan fingerprint density at radius 3 is 2.47 bits per heavy atom. The van der Waals surface area contributed by atoms with Gasteiger partial charge in [0, 0.05) is 25.0 Å². The van der Waals surface area contributed by atoms with Crippen molar-refractivity contribution >= 4 is 22.8 Å². The molecule has 3 aromatic rings. The Kier molecular flexibility index (Phi) is 7.22. The summed E-state index contributed by atoms with van der Waals surface area (Å²) in [6.07, 6.45) is 2.72. The van der Waals surface area contributed by atoms with Gasteiger partial charge in [0.1, 0.15) is 12.3 Å². The summed E-state index contributed by atoms with van der Waals surface area (Å²) in [7, 11) is 3.72. The van der Waals surface area contributed by atoms with Gasteiger partial charge in [0.15, 0.2) is 0 Å². The first kappa shape index (κ1) is 23.8. The number of carboxylic acids is 1. The van der Waals surface area contributed by atoms with Crippen LogP contribution in [-0.4, -0.2) is 71.7 Å². The number of fused-ring (bicyclic) bond motifs is 1. The molecule has 0 aliphatic carbocycles. The third kappa shape index (κ3) is 4.80. The van der Waals surface area contributed by atoms with Crippen molar-refractivity contribution in [3.63, 3.8) is 0 Å². The van der Waals surface area contributed by atoms with Gasteiger partial charge in [0.2, 0.25) is 5.91 Å². The molecule has 0 spiro atoms. The van der Waals surface area contributed by atoms with Crippen molar-refractivity contribution in [3.05, 3.63) is 53.6 Å². The predicted molar refractivity (Wildman–Crippen MR) is 134 cm³/mol. The number of aryl methyl sites for hydroxylation is 1. The van der Waals surface area contributed by atoms with E-state index in [0.29, 0.717) is 6.54 Å². The van der Waals surface area contributed by atoms with Crippen LogP contribution in [0.1, 0.15) is 35.7 Å². The van der Waals surface area contributed by atoms with Crippen molar-refractivity contribution in [2.45, 2.75) is 32.7 Å². The van der Waals surface area contributed by atoms with Gasteiger partial charge in [-0.05, 0) is 74.0 Å². The maximum absolute atomic E-state index is 13.5. The number of carbonyl (C=O) groups is 2. The second-order valence-electron chi connectivity index (χ2n) is 8.97. The highest BCUT2D eigenvalue weighted by atomic mass is 16.5. The van der Waals surface area contributed by atoms with Crippen molar-refractivity contribution in [2.75, 3.05) is 40.3 Å². The van der Waals surface area contributed by atoms with E-state index in [1.54, 1.807) is 19.2 Å². The van der Waals surface area contributed by atoms with E-state index < -0.39 is 5.97 Å². The second-order valence-corrected chi connectivity index (χ2v) is 8.97. The van der Waals surface area contributed by atoms with E-state index in [0.717, 1.165) is 72.4 Å². The van der Waals surface area contributed by atoms with E-state index in [-0.39, 0.29) is 18.0 Å². The average Bonchev–Trinajstić information content (AvgIpc) is 2.96. The van der Waals surface area contributed by atoms with Crippen molar-refractivity contribution in [1.82, 2.24) is 14.4 Å². The SMILES string of the molecule is CCCc1c(-c2ccc(OC)cc2)n(CC(=O)N2CCCN(C)CC2)c2cc(C(=O)O)ccc12. The zero-order valence-corrected chi connectivity index (χ0v) is 20.2. The van der Waals surface area contributed by atoms with Gasteiger partial charge in [0.05, 0.1) is 23.9 Å². The molecule has 1 amide bonds. The van der Waals surface area contributed by atoms with Gasteiger partial charge in [-0.25, -0.2) is 4.79 Å². The third-order valence-electron chi connectivity index (χ3n) is 6.65. The summed E-state index contributed by atoms with van der Waals surface area (Å²) < 4.78 is 7.36. The Bertz CT molecular complexity index is 1180. The Morgan fingerprint density at radius 1 is 1.03 bits per heavy atom. The minimum Gasteiger partial charge on any atom is -0.497 e. The summed E-state index contributed by atoms with van der Waals surface area (Å²) >= 11 is 0. The largest absolute Gasteiger partial charge is 0.497 e. The fourth-order valence-electron chi connectivity index (χ4n) is 4.83. The van der Waals surface area contributed by atoms with Crippen LogP contribution in [0.4, 0.5) is 0 Å².